The van der Waals surface area contributed by atoms with Gasteiger partial charge in [0.2, 0.25) is 0 Å². The lowest BCUT2D eigenvalue weighted by Crippen LogP contribution is -2.29. The number of hydrogen-bond acceptors (Lipinski definition) is 6. The van der Waals surface area contributed by atoms with Gasteiger partial charge in [-0.15, -0.1) is 11.3 Å². The first-order valence-corrected chi connectivity index (χ1v) is 10.3. The lowest BCUT2D eigenvalue weighted by Gasteiger charge is -2.25. The van der Waals surface area contributed by atoms with Gasteiger partial charge >= 0.3 is 0 Å². The molecule has 148 valence electrons. The molecule has 8 heteroatoms. The number of rotatable bonds is 5. The lowest BCUT2D eigenvalue weighted by molar-refractivity contribution is -0.384. The average molecular weight is 408 g/mol. The molecule has 1 saturated heterocycles. The third-order valence-corrected chi connectivity index (χ3v) is 5.78. The number of nitro benzene ring substituents is 1. The van der Waals surface area contributed by atoms with Crippen LogP contribution in [0, 0.1) is 10.1 Å². The van der Waals surface area contributed by atoms with Gasteiger partial charge in [-0.1, -0.05) is 18.2 Å². The van der Waals surface area contributed by atoms with Gasteiger partial charge in [0.1, 0.15) is 0 Å². The zero-order valence-corrected chi connectivity index (χ0v) is 16.5. The van der Waals surface area contributed by atoms with E-state index in [1.165, 1.54) is 37.5 Å². The van der Waals surface area contributed by atoms with Crippen molar-refractivity contribution in [2.45, 2.75) is 19.3 Å². The molecule has 1 N–H and O–H groups in total. The van der Waals surface area contributed by atoms with Crippen molar-refractivity contribution in [1.82, 2.24) is 4.98 Å². The minimum atomic E-state index is -0.516. The summed E-state index contributed by atoms with van der Waals surface area (Å²) in [6.45, 7) is 2.13. The molecule has 2 heterocycles. The molecule has 0 saturated carbocycles. The predicted octanol–water partition coefficient (Wildman–Crippen LogP) is 4.96. The Morgan fingerprint density at radius 3 is 2.59 bits per heavy atom. The molecule has 0 atom stereocenters. The van der Waals surface area contributed by atoms with Crippen molar-refractivity contribution in [1.29, 1.82) is 0 Å². The molecule has 1 aliphatic rings. The molecule has 0 aliphatic carbocycles. The van der Waals surface area contributed by atoms with Crippen molar-refractivity contribution >= 4 is 33.8 Å². The summed E-state index contributed by atoms with van der Waals surface area (Å²) in [5, 5.41) is 16.8. The molecular weight excluding hydrogens is 388 g/mol. The minimum absolute atomic E-state index is 0.110. The molecule has 1 aromatic heterocycles. The van der Waals surface area contributed by atoms with Crippen LogP contribution in [0.1, 0.15) is 29.6 Å². The maximum absolute atomic E-state index is 12.4. The van der Waals surface area contributed by atoms with E-state index in [9.17, 15) is 14.9 Å². The van der Waals surface area contributed by atoms with Crippen LogP contribution >= 0.6 is 11.3 Å². The van der Waals surface area contributed by atoms with Gasteiger partial charge in [0.25, 0.3) is 11.6 Å². The monoisotopic (exact) mass is 408 g/mol. The number of thiazole rings is 1. The van der Waals surface area contributed by atoms with E-state index in [0.717, 1.165) is 29.5 Å². The van der Waals surface area contributed by atoms with Gasteiger partial charge in [0, 0.05) is 47.4 Å². The Balaban J connectivity index is 1.44. The second kappa shape index (κ2) is 8.40. The fourth-order valence-corrected chi connectivity index (χ4v) is 4.20. The number of hydrogen-bond donors (Lipinski definition) is 1. The highest BCUT2D eigenvalue weighted by Crippen LogP contribution is 2.30. The Bertz CT molecular complexity index is 1030. The Hall–Kier alpha value is -3.26. The zero-order valence-electron chi connectivity index (χ0n) is 15.7. The molecule has 0 unspecified atom stereocenters. The van der Waals surface area contributed by atoms with Crippen molar-refractivity contribution in [3.8, 4) is 11.3 Å². The molecule has 0 radical (unpaired) electrons. The van der Waals surface area contributed by atoms with E-state index >= 15 is 0 Å². The highest BCUT2D eigenvalue weighted by Gasteiger charge is 2.15. The standard InChI is InChI=1S/C21H20N4O3S/c26-20(16-5-4-6-18(13-16)25(27)28)22-17-9-7-15(8-10-17)19-14-29-21(23-19)24-11-2-1-3-12-24/h4-10,13-14H,1-3,11-12H2,(H,22,26). The highest BCUT2D eigenvalue weighted by molar-refractivity contribution is 7.14. The summed E-state index contributed by atoms with van der Waals surface area (Å²) in [6.07, 6.45) is 3.72. The van der Waals surface area contributed by atoms with E-state index in [1.54, 1.807) is 17.4 Å². The van der Waals surface area contributed by atoms with E-state index < -0.39 is 4.92 Å². The third kappa shape index (κ3) is 4.43. The second-order valence-electron chi connectivity index (χ2n) is 6.90. The number of anilines is 2. The Kier molecular flexibility index (Phi) is 5.53. The maximum atomic E-state index is 12.4. The van der Waals surface area contributed by atoms with E-state index in [2.05, 4.69) is 15.6 Å². The van der Waals surface area contributed by atoms with Crippen LogP contribution in [0.4, 0.5) is 16.5 Å². The normalized spacial score (nSPS) is 13.9. The van der Waals surface area contributed by atoms with Crippen LogP contribution in [0.25, 0.3) is 11.3 Å². The maximum Gasteiger partial charge on any atom is 0.270 e. The van der Waals surface area contributed by atoms with Gasteiger partial charge in [-0.2, -0.15) is 0 Å². The van der Waals surface area contributed by atoms with Crippen LogP contribution in [0.3, 0.4) is 0 Å². The van der Waals surface area contributed by atoms with Gasteiger partial charge < -0.3 is 10.2 Å². The first-order valence-electron chi connectivity index (χ1n) is 9.47. The molecule has 29 heavy (non-hydrogen) atoms. The summed E-state index contributed by atoms with van der Waals surface area (Å²) in [7, 11) is 0. The van der Waals surface area contributed by atoms with Crippen LogP contribution in [0.2, 0.25) is 0 Å². The van der Waals surface area contributed by atoms with Crippen molar-refractivity contribution in [3.05, 3.63) is 69.6 Å². The zero-order chi connectivity index (χ0) is 20.2. The highest BCUT2D eigenvalue weighted by atomic mass is 32.1. The first-order chi connectivity index (χ1) is 14.1. The number of amides is 1. The van der Waals surface area contributed by atoms with Crippen molar-refractivity contribution in [3.63, 3.8) is 0 Å². The molecule has 3 aromatic rings. The summed E-state index contributed by atoms with van der Waals surface area (Å²) < 4.78 is 0. The van der Waals surface area contributed by atoms with Crippen LogP contribution in [0.15, 0.2) is 53.9 Å². The smallest absolute Gasteiger partial charge is 0.270 e. The number of carbonyl (C=O) groups is 1. The van der Waals surface area contributed by atoms with E-state index in [4.69, 9.17) is 4.98 Å². The van der Waals surface area contributed by atoms with Crippen LogP contribution in [-0.2, 0) is 0 Å². The quantitative estimate of drug-likeness (QED) is 0.476. The van der Waals surface area contributed by atoms with Gasteiger partial charge in [-0.3, -0.25) is 14.9 Å². The molecule has 2 aromatic carbocycles. The number of nitrogens with one attached hydrogen (secondary N) is 1. The van der Waals surface area contributed by atoms with Crippen LogP contribution < -0.4 is 10.2 Å². The second-order valence-corrected chi connectivity index (χ2v) is 7.74. The summed E-state index contributed by atoms with van der Waals surface area (Å²) in [5.74, 6) is -0.387. The fourth-order valence-electron chi connectivity index (χ4n) is 3.32. The number of carbonyl (C=O) groups excluding carboxylic acids is 1. The Morgan fingerprint density at radius 2 is 1.86 bits per heavy atom. The summed E-state index contributed by atoms with van der Waals surface area (Å²) >= 11 is 1.66. The predicted molar refractivity (Wildman–Crippen MR) is 115 cm³/mol. The van der Waals surface area contributed by atoms with E-state index in [1.807, 2.05) is 24.3 Å². The number of non-ortho nitro benzene ring substituents is 1. The average Bonchev–Trinajstić information content (AvgIpc) is 3.25. The van der Waals surface area contributed by atoms with Gasteiger partial charge in [-0.25, -0.2) is 4.98 Å². The molecule has 1 aliphatic heterocycles. The summed E-state index contributed by atoms with van der Waals surface area (Å²) in [6, 6.07) is 13.1. The SMILES string of the molecule is O=C(Nc1ccc(-c2csc(N3CCCCC3)n2)cc1)c1cccc([N+](=O)[O-])c1. The van der Waals surface area contributed by atoms with Crippen molar-refractivity contribution < 1.29 is 9.72 Å². The lowest BCUT2D eigenvalue weighted by atomic mass is 10.1. The largest absolute Gasteiger partial charge is 0.348 e. The molecular formula is C21H20N4O3S. The van der Waals surface area contributed by atoms with E-state index in [0.29, 0.717) is 5.69 Å². The Morgan fingerprint density at radius 1 is 1.10 bits per heavy atom. The van der Waals surface area contributed by atoms with Gasteiger partial charge in [0.05, 0.1) is 10.6 Å². The third-order valence-electron chi connectivity index (χ3n) is 4.88. The number of nitro groups is 1. The number of piperidine rings is 1. The number of benzene rings is 2. The first kappa shape index (κ1) is 19.1. The molecule has 7 nitrogen and oxygen atoms in total. The summed E-state index contributed by atoms with van der Waals surface area (Å²) in [5.41, 5.74) is 2.66. The topological polar surface area (TPSA) is 88.4 Å². The fraction of sp³-hybridized carbons (Fsp3) is 0.238. The molecule has 0 spiro atoms. The van der Waals surface area contributed by atoms with Crippen molar-refractivity contribution in [2.75, 3.05) is 23.3 Å². The number of aromatic nitrogens is 1. The van der Waals surface area contributed by atoms with Crippen LogP contribution in [-0.4, -0.2) is 28.9 Å². The van der Waals surface area contributed by atoms with Gasteiger partial charge in [-0.05, 0) is 37.5 Å². The molecule has 4 rings (SSSR count). The summed E-state index contributed by atoms with van der Waals surface area (Å²) in [4.78, 5) is 29.8. The van der Waals surface area contributed by atoms with Crippen LogP contribution in [0.5, 0.6) is 0 Å². The molecule has 1 amide bonds. The Labute approximate surface area is 172 Å². The van der Waals surface area contributed by atoms with Crippen molar-refractivity contribution in [2.24, 2.45) is 0 Å². The molecule has 1 fully saturated rings. The van der Waals surface area contributed by atoms with Gasteiger partial charge in [0.15, 0.2) is 5.13 Å². The molecule has 0 bridgehead atoms. The minimum Gasteiger partial charge on any atom is -0.348 e. The van der Waals surface area contributed by atoms with E-state index in [-0.39, 0.29) is 17.2 Å². The number of nitrogens with zero attached hydrogens (tertiary/aromatic N) is 3.